The lowest BCUT2D eigenvalue weighted by molar-refractivity contribution is -0.132. The summed E-state index contributed by atoms with van der Waals surface area (Å²) in [5.41, 5.74) is 1.17. The van der Waals surface area contributed by atoms with Crippen LogP contribution in [0, 0.1) is 5.92 Å². The molecule has 1 aromatic rings. The summed E-state index contributed by atoms with van der Waals surface area (Å²) in [6.07, 6.45) is 2.40. The molecule has 1 atom stereocenters. The zero-order valence-corrected chi connectivity index (χ0v) is 13.9. The lowest BCUT2D eigenvalue weighted by Crippen LogP contribution is -2.48. The van der Waals surface area contributed by atoms with E-state index in [0.29, 0.717) is 5.92 Å². The van der Waals surface area contributed by atoms with Crippen molar-refractivity contribution in [3.8, 4) is 0 Å². The fraction of sp³-hybridized carbons (Fsp3) is 0.556. The molecule has 1 aromatic carbocycles. The number of hydrogen-bond donors (Lipinski definition) is 2. The summed E-state index contributed by atoms with van der Waals surface area (Å²) in [5.74, 6) is 0.167. The lowest BCUT2D eigenvalue weighted by Gasteiger charge is -2.38. The Balaban J connectivity index is 1.89. The third-order valence-electron chi connectivity index (χ3n) is 4.43. The monoisotopic (exact) mass is 318 g/mol. The highest BCUT2D eigenvalue weighted by atomic mass is 16.3. The van der Waals surface area contributed by atoms with Crippen LogP contribution in [-0.2, 0) is 16.0 Å². The molecule has 2 rings (SSSR count). The van der Waals surface area contributed by atoms with Crippen molar-refractivity contribution in [1.29, 1.82) is 0 Å². The van der Waals surface area contributed by atoms with E-state index in [1.54, 1.807) is 14.1 Å². The Morgan fingerprint density at radius 2 is 1.87 bits per heavy atom. The molecule has 0 saturated heterocycles. The minimum atomic E-state index is -0.245. The Labute approximate surface area is 137 Å². The normalized spacial score (nSPS) is 21.2. The number of amides is 2. The van der Waals surface area contributed by atoms with Gasteiger partial charge in [0, 0.05) is 33.0 Å². The van der Waals surface area contributed by atoms with Crippen molar-refractivity contribution in [3.05, 3.63) is 35.9 Å². The molecule has 0 aromatic heterocycles. The number of aliphatic hydroxyl groups is 1. The Morgan fingerprint density at radius 1 is 1.22 bits per heavy atom. The van der Waals surface area contributed by atoms with Gasteiger partial charge < -0.3 is 15.3 Å². The van der Waals surface area contributed by atoms with Crippen molar-refractivity contribution in [2.24, 2.45) is 5.92 Å². The number of aliphatic hydroxyl groups excluding tert-OH is 1. The molecule has 0 aliphatic heterocycles. The molecule has 2 N–H and O–H groups in total. The van der Waals surface area contributed by atoms with Gasteiger partial charge in [-0.1, -0.05) is 30.3 Å². The molecular formula is C18H26N2O3. The van der Waals surface area contributed by atoms with Crippen LogP contribution in [0.3, 0.4) is 0 Å². The summed E-state index contributed by atoms with van der Waals surface area (Å²) < 4.78 is 0. The Hall–Kier alpha value is -1.88. The van der Waals surface area contributed by atoms with Crippen LogP contribution in [0.25, 0.3) is 0 Å². The van der Waals surface area contributed by atoms with E-state index in [0.717, 1.165) is 19.3 Å². The molecule has 2 amide bonds. The molecule has 0 unspecified atom stereocenters. The van der Waals surface area contributed by atoms with E-state index in [1.165, 1.54) is 10.5 Å². The minimum Gasteiger partial charge on any atom is -0.393 e. The molecule has 126 valence electrons. The van der Waals surface area contributed by atoms with E-state index in [1.807, 2.05) is 30.3 Å². The average Bonchev–Trinajstić information content (AvgIpc) is 2.49. The first-order valence-corrected chi connectivity index (χ1v) is 8.17. The summed E-state index contributed by atoms with van der Waals surface area (Å²) in [6, 6.07) is 10.0. The minimum absolute atomic E-state index is 0.0164. The zero-order chi connectivity index (χ0) is 16.8. The van der Waals surface area contributed by atoms with Crippen molar-refractivity contribution >= 4 is 11.8 Å². The molecule has 0 radical (unpaired) electrons. The van der Waals surface area contributed by atoms with E-state index < -0.39 is 0 Å². The van der Waals surface area contributed by atoms with Gasteiger partial charge in [-0.15, -0.1) is 0 Å². The van der Waals surface area contributed by atoms with Crippen LogP contribution in [0.5, 0.6) is 0 Å². The zero-order valence-electron chi connectivity index (χ0n) is 13.9. The first kappa shape index (κ1) is 17.5. The molecule has 0 bridgehead atoms. The van der Waals surface area contributed by atoms with Gasteiger partial charge >= 0.3 is 0 Å². The predicted octanol–water partition coefficient (Wildman–Crippen LogP) is 1.35. The maximum absolute atomic E-state index is 12.2. The Morgan fingerprint density at radius 3 is 2.43 bits per heavy atom. The van der Waals surface area contributed by atoms with Gasteiger partial charge in [0.25, 0.3) is 0 Å². The topological polar surface area (TPSA) is 69.6 Å². The molecule has 5 nitrogen and oxygen atoms in total. The number of nitrogens with zero attached hydrogens (tertiary/aromatic N) is 1. The van der Waals surface area contributed by atoms with Crippen LogP contribution in [0.1, 0.15) is 31.2 Å². The van der Waals surface area contributed by atoms with Crippen molar-refractivity contribution in [2.75, 3.05) is 14.1 Å². The molecule has 23 heavy (non-hydrogen) atoms. The fourth-order valence-corrected chi connectivity index (χ4v) is 2.89. The van der Waals surface area contributed by atoms with Gasteiger partial charge in [-0.2, -0.15) is 0 Å². The van der Waals surface area contributed by atoms with Gasteiger partial charge in [0.05, 0.1) is 6.10 Å². The largest absolute Gasteiger partial charge is 0.393 e. The highest BCUT2D eigenvalue weighted by molar-refractivity contribution is 5.83. The first-order valence-electron chi connectivity index (χ1n) is 8.17. The van der Waals surface area contributed by atoms with Crippen LogP contribution in [0.2, 0.25) is 0 Å². The highest BCUT2D eigenvalue weighted by Gasteiger charge is 2.34. The summed E-state index contributed by atoms with van der Waals surface area (Å²) in [4.78, 5) is 25.2. The van der Waals surface area contributed by atoms with E-state index >= 15 is 0 Å². The van der Waals surface area contributed by atoms with E-state index in [9.17, 15) is 14.7 Å². The third-order valence-corrected chi connectivity index (χ3v) is 4.43. The van der Waals surface area contributed by atoms with Crippen molar-refractivity contribution in [3.63, 3.8) is 0 Å². The second-order valence-electron chi connectivity index (χ2n) is 6.54. The SMILES string of the molecule is CN(C)C(=O)CCC(=O)N[C@@H](Cc1ccccc1)C1CC(O)C1. The summed E-state index contributed by atoms with van der Waals surface area (Å²) >= 11 is 0. The third kappa shape index (κ3) is 5.36. The maximum atomic E-state index is 12.2. The van der Waals surface area contributed by atoms with Gasteiger partial charge in [-0.3, -0.25) is 9.59 Å². The van der Waals surface area contributed by atoms with Crippen LogP contribution < -0.4 is 5.32 Å². The molecule has 1 fully saturated rings. The summed E-state index contributed by atoms with van der Waals surface area (Å²) in [7, 11) is 3.38. The summed E-state index contributed by atoms with van der Waals surface area (Å²) in [5, 5.41) is 12.6. The predicted molar refractivity (Wildman–Crippen MR) is 88.7 cm³/mol. The first-order chi connectivity index (χ1) is 11.0. The number of carbonyl (C=O) groups is 2. The molecular weight excluding hydrogens is 292 g/mol. The van der Waals surface area contributed by atoms with Gasteiger partial charge in [-0.05, 0) is 30.7 Å². The van der Waals surface area contributed by atoms with Crippen LogP contribution in [0.15, 0.2) is 30.3 Å². The second-order valence-corrected chi connectivity index (χ2v) is 6.54. The number of carbonyl (C=O) groups excluding carboxylic acids is 2. The number of rotatable bonds is 7. The van der Waals surface area contributed by atoms with Crippen molar-refractivity contribution < 1.29 is 14.7 Å². The second kappa shape index (κ2) is 8.11. The van der Waals surface area contributed by atoms with E-state index in [2.05, 4.69) is 5.32 Å². The Kier molecular flexibility index (Phi) is 6.16. The highest BCUT2D eigenvalue weighted by Crippen LogP contribution is 2.31. The number of hydrogen-bond acceptors (Lipinski definition) is 3. The summed E-state index contributed by atoms with van der Waals surface area (Å²) in [6.45, 7) is 0. The molecule has 1 aliphatic carbocycles. The van der Waals surface area contributed by atoms with Gasteiger partial charge in [0.15, 0.2) is 0 Å². The standard InChI is InChI=1S/C18H26N2O3/c1-20(2)18(23)9-8-17(22)19-16(14-11-15(21)12-14)10-13-6-4-3-5-7-13/h3-7,14-16,21H,8-12H2,1-2H3,(H,19,22)/t14?,15?,16-/m0/s1. The maximum Gasteiger partial charge on any atom is 0.222 e. The number of benzene rings is 1. The lowest BCUT2D eigenvalue weighted by atomic mass is 9.75. The van der Waals surface area contributed by atoms with E-state index in [-0.39, 0.29) is 36.8 Å². The smallest absolute Gasteiger partial charge is 0.222 e. The van der Waals surface area contributed by atoms with Crippen LogP contribution >= 0.6 is 0 Å². The van der Waals surface area contributed by atoms with Crippen LogP contribution in [0.4, 0.5) is 0 Å². The molecule has 0 spiro atoms. The van der Waals surface area contributed by atoms with Crippen molar-refractivity contribution in [2.45, 2.75) is 44.2 Å². The van der Waals surface area contributed by atoms with E-state index in [4.69, 9.17) is 0 Å². The Bertz CT molecular complexity index is 524. The van der Waals surface area contributed by atoms with Gasteiger partial charge in [-0.25, -0.2) is 0 Å². The molecule has 1 aliphatic rings. The molecule has 0 heterocycles. The average molecular weight is 318 g/mol. The quantitative estimate of drug-likeness (QED) is 0.797. The van der Waals surface area contributed by atoms with Gasteiger partial charge in [0.1, 0.15) is 0 Å². The van der Waals surface area contributed by atoms with Crippen LogP contribution in [-0.4, -0.2) is 48.1 Å². The van der Waals surface area contributed by atoms with Gasteiger partial charge in [0.2, 0.25) is 11.8 Å². The number of nitrogens with one attached hydrogen (secondary N) is 1. The molecule has 1 saturated carbocycles. The van der Waals surface area contributed by atoms with Crippen molar-refractivity contribution in [1.82, 2.24) is 10.2 Å². The fourth-order valence-electron chi connectivity index (χ4n) is 2.89. The molecule has 5 heteroatoms.